The van der Waals surface area contributed by atoms with Gasteiger partial charge in [0.15, 0.2) is 0 Å². The number of carboxylic acid groups (broad SMARTS) is 1. The highest BCUT2D eigenvalue weighted by molar-refractivity contribution is 6.32. The van der Waals surface area contributed by atoms with Gasteiger partial charge in [0.05, 0.1) is 5.41 Å². The number of likely N-dealkylation sites (tertiary alicyclic amines) is 1. The van der Waals surface area contributed by atoms with Crippen LogP contribution in [0.1, 0.15) is 54.0 Å². The van der Waals surface area contributed by atoms with Crippen molar-refractivity contribution in [2.75, 3.05) is 13.1 Å². The van der Waals surface area contributed by atoms with Gasteiger partial charge < -0.3 is 5.11 Å². The average molecular weight is 434 g/mol. The van der Waals surface area contributed by atoms with Crippen LogP contribution in [0.15, 0.2) is 30.3 Å². The quantitative estimate of drug-likeness (QED) is 0.560. The van der Waals surface area contributed by atoms with Crippen molar-refractivity contribution in [2.45, 2.75) is 53.0 Å². The molecule has 1 N–H and O–H groups in total. The lowest BCUT2D eigenvalue weighted by molar-refractivity contribution is -0.158. The summed E-state index contributed by atoms with van der Waals surface area (Å²) in [5.41, 5.74) is 5.25. The molecule has 1 aliphatic rings. The van der Waals surface area contributed by atoms with Crippen LogP contribution >= 0.6 is 23.2 Å². The molecule has 3 rings (SSSR count). The molecular weight excluding hydrogens is 405 g/mol. The number of hydrogen-bond acceptors (Lipinski definition) is 2. The van der Waals surface area contributed by atoms with E-state index in [9.17, 15) is 9.90 Å². The van der Waals surface area contributed by atoms with Crippen molar-refractivity contribution in [2.24, 2.45) is 5.41 Å². The fraction of sp³-hybridized carbons (Fsp3) is 0.458. The molecule has 0 aliphatic carbocycles. The Labute approximate surface area is 183 Å². The van der Waals surface area contributed by atoms with E-state index in [2.05, 4.69) is 49.9 Å². The Bertz CT molecular complexity index is 896. The zero-order chi connectivity index (χ0) is 21.3. The van der Waals surface area contributed by atoms with Crippen LogP contribution in [0, 0.1) is 19.3 Å². The number of benzene rings is 2. The van der Waals surface area contributed by atoms with Crippen molar-refractivity contribution in [1.82, 2.24) is 4.90 Å². The van der Waals surface area contributed by atoms with Crippen LogP contribution in [0.25, 0.3) is 0 Å². The summed E-state index contributed by atoms with van der Waals surface area (Å²) < 4.78 is 0. The van der Waals surface area contributed by atoms with E-state index in [0.717, 1.165) is 39.6 Å². The predicted molar refractivity (Wildman–Crippen MR) is 120 cm³/mol. The summed E-state index contributed by atoms with van der Waals surface area (Å²) in [7, 11) is 0. The number of hydrogen-bond donors (Lipinski definition) is 1. The van der Waals surface area contributed by atoms with Gasteiger partial charge in [-0.3, -0.25) is 9.69 Å². The van der Waals surface area contributed by atoms with Gasteiger partial charge in [-0.05, 0) is 73.4 Å². The lowest BCUT2D eigenvalue weighted by Gasteiger charge is -2.45. The van der Waals surface area contributed by atoms with Gasteiger partial charge in [-0.1, -0.05) is 54.4 Å². The first-order valence-electron chi connectivity index (χ1n) is 10.1. The smallest absolute Gasteiger partial charge is 0.311 e. The maximum Gasteiger partial charge on any atom is 0.311 e. The maximum atomic E-state index is 11.3. The van der Waals surface area contributed by atoms with Gasteiger partial charge >= 0.3 is 5.97 Å². The van der Waals surface area contributed by atoms with E-state index in [0.29, 0.717) is 25.6 Å². The zero-order valence-electron chi connectivity index (χ0n) is 17.6. The summed E-state index contributed by atoms with van der Waals surface area (Å²) in [6, 6.07) is 10.6. The van der Waals surface area contributed by atoms with E-state index < -0.39 is 11.4 Å². The Balaban J connectivity index is 1.74. The Kier molecular flexibility index (Phi) is 6.62. The molecule has 1 atom stereocenters. The van der Waals surface area contributed by atoms with E-state index in [-0.39, 0.29) is 0 Å². The molecule has 0 amide bonds. The van der Waals surface area contributed by atoms with Gasteiger partial charge in [0, 0.05) is 29.7 Å². The van der Waals surface area contributed by atoms with E-state index >= 15 is 0 Å². The minimum Gasteiger partial charge on any atom is -0.481 e. The average Bonchev–Trinajstić information content (AvgIpc) is 2.64. The number of nitrogens with zero attached hydrogens (tertiary/aromatic N) is 1. The van der Waals surface area contributed by atoms with Crippen molar-refractivity contribution in [1.29, 1.82) is 0 Å². The van der Waals surface area contributed by atoms with E-state index in [1.807, 2.05) is 6.07 Å². The number of aryl methyl sites for hydroxylation is 2. The minimum absolute atomic E-state index is 0.415. The second kappa shape index (κ2) is 8.67. The molecule has 5 heteroatoms. The lowest BCUT2D eigenvalue weighted by Crippen LogP contribution is -2.58. The van der Waals surface area contributed by atoms with E-state index in [1.165, 1.54) is 11.1 Å². The van der Waals surface area contributed by atoms with Crippen molar-refractivity contribution in [3.8, 4) is 0 Å². The molecule has 0 unspecified atom stereocenters. The van der Waals surface area contributed by atoms with E-state index in [4.69, 9.17) is 23.2 Å². The van der Waals surface area contributed by atoms with Crippen LogP contribution in [-0.4, -0.2) is 29.1 Å². The van der Waals surface area contributed by atoms with Gasteiger partial charge in [0.25, 0.3) is 0 Å². The van der Waals surface area contributed by atoms with Crippen molar-refractivity contribution >= 4 is 29.2 Å². The zero-order valence-corrected chi connectivity index (χ0v) is 19.1. The van der Waals surface area contributed by atoms with Crippen LogP contribution in [0.3, 0.4) is 0 Å². The Morgan fingerprint density at radius 1 is 1.17 bits per heavy atom. The monoisotopic (exact) mass is 433 g/mol. The molecule has 0 spiro atoms. The van der Waals surface area contributed by atoms with Crippen molar-refractivity contribution in [3.63, 3.8) is 0 Å². The van der Waals surface area contributed by atoms with Crippen LogP contribution in [0.2, 0.25) is 10.0 Å². The molecule has 1 heterocycles. The van der Waals surface area contributed by atoms with Crippen LogP contribution in [-0.2, 0) is 17.8 Å². The predicted octanol–water partition coefficient (Wildman–Crippen LogP) is 6.25. The molecule has 156 valence electrons. The molecule has 1 aliphatic heterocycles. The highest BCUT2D eigenvalue weighted by Crippen LogP contribution is 2.34. The molecule has 29 heavy (non-hydrogen) atoms. The summed E-state index contributed by atoms with van der Waals surface area (Å²) in [6.07, 6.45) is 1.98. The fourth-order valence-electron chi connectivity index (χ4n) is 4.30. The lowest BCUT2D eigenvalue weighted by atomic mass is 9.82. The molecule has 1 saturated heterocycles. The van der Waals surface area contributed by atoms with Crippen LogP contribution in [0.4, 0.5) is 0 Å². The number of carboxylic acids is 1. The van der Waals surface area contributed by atoms with Crippen LogP contribution in [0.5, 0.6) is 0 Å². The van der Waals surface area contributed by atoms with E-state index in [1.54, 1.807) is 6.92 Å². The minimum atomic E-state index is -0.729. The molecule has 1 fully saturated rings. The summed E-state index contributed by atoms with van der Waals surface area (Å²) >= 11 is 12.8. The molecule has 2 aromatic rings. The first-order chi connectivity index (χ1) is 13.6. The topological polar surface area (TPSA) is 40.5 Å². The van der Waals surface area contributed by atoms with Crippen LogP contribution < -0.4 is 0 Å². The molecule has 3 nitrogen and oxygen atoms in total. The van der Waals surface area contributed by atoms with Crippen molar-refractivity contribution in [3.05, 3.63) is 68.2 Å². The largest absolute Gasteiger partial charge is 0.481 e. The molecular formula is C24H29Cl2NO2. The first-order valence-corrected chi connectivity index (χ1v) is 10.9. The standard InChI is InChI=1S/C24H29Cl2NO2/c1-5-18(19-8-15(2)22(26)16(3)9-19)10-17-6-7-21(25)20(11-17)12-27-13-24(4,14-27)23(28)29/h6-9,11,18H,5,10,12-14H2,1-4H3,(H,28,29)/t18-/m0/s1. The van der Waals surface area contributed by atoms with Gasteiger partial charge in [-0.15, -0.1) is 0 Å². The molecule has 2 aromatic carbocycles. The molecule has 0 aromatic heterocycles. The van der Waals surface area contributed by atoms with Gasteiger partial charge in [-0.25, -0.2) is 0 Å². The van der Waals surface area contributed by atoms with Gasteiger partial charge in [-0.2, -0.15) is 0 Å². The highest BCUT2D eigenvalue weighted by Gasteiger charge is 2.45. The first kappa shape index (κ1) is 22.1. The third-order valence-electron chi connectivity index (χ3n) is 6.07. The van der Waals surface area contributed by atoms with Crippen molar-refractivity contribution < 1.29 is 9.90 Å². The fourth-order valence-corrected chi connectivity index (χ4v) is 4.59. The molecule has 0 bridgehead atoms. The molecule has 0 saturated carbocycles. The summed E-state index contributed by atoms with van der Waals surface area (Å²) in [5.74, 6) is -0.314. The summed E-state index contributed by atoms with van der Waals surface area (Å²) in [6.45, 7) is 9.94. The maximum absolute atomic E-state index is 11.3. The van der Waals surface area contributed by atoms with Gasteiger partial charge in [0.2, 0.25) is 0 Å². The Hall–Kier alpha value is -1.55. The third kappa shape index (κ3) is 4.79. The Morgan fingerprint density at radius 2 is 1.79 bits per heavy atom. The summed E-state index contributed by atoms with van der Waals surface area (Å²) in [4.78, 5) is 13.5. The number of halogens is 2. The Morgan fingerprint density at radius 3 is 2.34 bits per heavy atom. The number of rotatable bonds is 7. The molecule has 0 radical (unpaired) electrons. The number of carbonyl (C=O) groups is 1. The number of aliphatic carboxylic acids is 1. The normalized spacial score (nSPS) is 17.0. The SMILES string of the molecule is CC[C@@H](Cc1ccc(Cl)c(CN2CC(C)(C(=O)O)C2)c1)c1cc(C)c(Cl)c(C)c1. The second-order valence-corrected chi connectivity index (χ2v) is 9.50. The third-order valence-corrected chi connectivity index (χ3v) is 7.04. The van der Waals surface area contributed by atoms with Gasteiger partial charge in [0.1, 0.15) is 0 Å². The highest BCUT2D eigenvalue weighted by atomic mass is 35.5. The summed E-state index contributed by atoms with van der Waals surface area (Å²) in [5, 5.41) is 10.9. The second-order valence-electron chi connectivity index (χ2n) is 8.71.